The van der Waals surface area contributed by atoms with Gasteiger partial charge in [0.25, 0.3) is 0 Å². The van der Waals surface area contributed by atoms with Gasteiger partial charge in [0.1, 0.15) is 0 Å². The molecule has 0 aromatic carbocycles. The number of halogens is 1. The molecule has 1 aliphatic rings. The van der Waals surface area contributed by atoms with E-state index in [1.54, 1.807) is 0 Å². The Balaban J connectivity index is 2.13. The van der Waals surface area contributed by atoms with Gasteiger partial charge in [-0.05, 0) is 43.9 Å². The summed E-state index contributed by atoms with van der Waals surface area (Å²) in [6, 6.07) is 0.430. The van der Waals surface area contributed by atoms with Crippen LogP contribution in [0.2, 0.25) is 0 Å². The van der Waals surface area contributed by atoms with Gasteiger partial charge in [0, 0.05) is 19.3 Å². The normalized spacial score (nSPS) is 23.5. The van der Waals surface area contributed by atoms with E-state index in [4.69, 9.17) is 16.5 Å². The molecule has 0 aliphatic carbocycles. The predicted octanol–water partition coefficient (Wildman–Crippen LogP) is 1.93. The molecule has 0 bridgehead atoms. The van der Waals surface area contributed by atoms with Crippen LogP contribution in [-0.4, -0.2) is 19.3 Å². The second-order valence-corrected chi connectivity index (χ2v) is 3.52. The number of rotatable bonds is 3. The summed E-state index contributed by atoms with van der Waals surface area (Å²) < 4.78 is 5.26. The second kappa shape index (κ2) is 4.96. The van der Waals surface area contributed by atoms with Crippen molar-refractivity contribution in [2.45, 2.75) is 32.2 Å². The standard InChI is InChI=1S/C8H16ClNO/c1-7(10-9)6-8-2-4-11-5-3-8/h7-8,10H,2-6H2,1H3. The minimum absolute atomic E-state index is 0.430. The van der Waals surface area contributed by atoms with Crippen molar-refractivity contribution in [2.75, 3.05) is 13.2 Å². The van der Waals surface area contributed by atoms with Crippen LogP contribution in [0.4, 0.5) is 0 Å². The summed E-state index contributed by atoms with van der Waals surface area (Å²) >= 11 is 5.49. The molecule has 0 spiro atoms. The molecule has 1 aliphatic heterocycles. The quantitative estimate of drug-likeness (QED) is 0.666. The van der Waals surface area contributed by atoms with E-state index in [-0.39, 0.29) is 0 Å². The smallest absolute Gasteiger partial charge is 0.0468 e. The van der Waals surface area contributed by atoms with Gasteiger partial charge in [0.15, 0.2) is 0 Å². The largest absolute Gasteiger partial charge is 0.381 e. The van der Waals surface area contributed by atoms with Crippen molar-refractivity contribution in [3.8, 4) is 0 Å². The maximum Gasteiger partial charge on any atom is 0.0468 e. The van der Waals surface area contributed by atoms with Crippen LogP contribution in [0.25, 0.3) is 0 Å². The lowest BCUT2D eigenvalue weighted by atomic mass is 9.93. The molecule has 0 saturated carbocycles. The maximum atomic E-state index is 5.49. The van der Waals surface area contributed by atoms with Crippen LogP contribution in [0.1, 0.15) is 26.2 Å². The van der Waals surface area contributed by atoms with Crippen LogP contribution in [0.15, 0.2) is 0 Å². The number of nitrogens with one attached hydrogen (secondary N) is 1. The first kappa shape index (κ1) is 9.30. The van der Waals surface area contributed by atoms with Gasteiger partial charge in [-0.3, -0.25) is 0 Å². The third-order valence-corrected chi connectivity index (χ3v) is 2.59. The highest BCUT2D eigenvalue weighted by Crippen LogP contribution is 2.19. The molecule has 1 fully saturated rings. The van der Waals surface area contributed by atoms with Crippen LogP contribution in [0.5, 0.6) is 0 Å². The molecule has 1 rings (SSSR count). The molecule has 11 heavy (non-hydrogen) atoms. The molecule has 0 radical (unpaired) electrons. The van der Waals surface area contributed by atoms with Gasteiger partial charge in [0.2, 0.25) is 0 Å². The summed E-state index contributed by atoms with van der Waals surface area (Å²) in [5.41, 5.74) is 0. The molecule has 1 N–H and O–H groups in total. The molecule has 1 saturated heterocycles. The van der Waals surface area contributed by atoms with Crippen molar-refractivity contribution in [2.24, 2.45) is 5.92 Å². The highest BCUT2D eigenvalue weighted by atomic mass is 35.5. The van der Waals surface area contributed by atoms with E-state index < -0.39 is 0 Å². The monoisotopic (exact) mass is 177 g/mol. The van der Waals surface area contributed by atoms with E-state index in [1.165, 1.54) is 19.3 Å². The molecule has 3 heteroatoms. The average molecular weight is 178 g/mol. The van der Waals surface area contributed by atoms with Crippen molar-refractivity contribution in [1.82, 2.24) is 4.84 Å². The Morgan fingerprint density at radius 3 is 2.73 bits per heavy atom. The predicted molar refractivity (Wildman–Crippen MR) is 46.6 cm³/mol. The molecule has 2 nitrogen and oxygen atoms in total. The van der Waals surface area contributed by atoms with Crippen LogP contribution in [0, 0.1) is 5.92 Å². The molecule has 0 aromatic heterocycles. The molecule has 1 unspecified atom stereocenters. The third kappa shape index (κ3) is 3.41. The van der Waals surface area contributed by atoms with E-state index in [1.807, 2.05) is 0 Å². The molecule has 1 heterocycles. The fraction of sp³-hybridized carbons (Fsp3) is 1.00. The molecule has 66 valence electrons. The molecule has 0 aromatic rings. The zero-order chi connectivity index (χ0) is 8.10. The van der Waals surface area contributed by atoms with Crippen LogP contribution >= 0.6 is 11.8 Å². The van der Waals surface area contributed by atoms with E-state index in [0.717, 1.165) is 19.1 Å². The van der Waals surface area contributed by atoms with Crippen LogP contribution in [0.3, 0.4) is 0 Å². The minimum atomic E-state index is 0.430. The van der Waals surface area contributed by atoms with Crippen molar-refractivity contribution in [1.29, 1.82) is 0 Å². The van der Waals surface area contributed by atoms with Crippen molar-refractivity contribution < 1.29 is 4.74 Å². The van der Waals surface area contributed by atoms with Crippen LogP contribution < -0.4 is 4.84 Å². The van der Waals surface area contributed by atoms with Gasteiger partial charge in [0.05, 0.1) is 0 Å². The van der Waals surface area contributed by atoms with Crippen molar-refractivity contribution in [3.05, 3.63) is 0 Å². The Labute approximate surface area is 73.4 Å². The fourth-order valence-electron chi connectivity index (χ4n) is 1.53. The lowest BCUT2D eigenvalue weighted by molar-refractivity contribution is 0.0619. The first-order valence-corrected chi connectivity index (χ1v) is 4.64. The summed E-state index contributed by atoms with van der Waals surface area (Å²) in [4.78, 5) is 2.74. The summed E-state index contributed by atoms with van der Waals surface area (Å²) in [5.74, 6) is 0.810. The Hall–Kier alpha value is 0.210. The zero-order valence-electron chi connectivity index (χ0n) is 6.98. The molecular weight excluding hydrogens is 162 g/mol. The van der Waals surface area contributed by atoms with Gasteiger partial charge in [-0.25, -0.2) is 4.84 Å². The maximum absolute atomic E-state index is 5.49. The first-order chi connectivity index (χ1) is 5.33. The Morgan fingerprint density at radius 2 is 2.18 bits per heavy atom. The van der Waals surface area contributed by atoms with Crippen molar-refractivity contribution >= 4 is 11.8 Å². The van der Waals surface area contributed by atoms with E-state index >= 15 is 0 Å². The fourth-order valence-corrected chi connectivity index (χ4v) is 1.62. The highest BCUT2D eigenvalue weighted by molar-refractivity contribution is 6.13. The highest BCUT2D eigenvalue weighted by Gasteiger charge is 2.15. The average Bonchev–Trinajstić information content (AvgIpc) is 2.06. The first-order valence-electron chi connectivity index (χ1n) is 4.27. The number of hydrogen-bond donors (Lipinski definition) is 1. The summed E-state index contributed by atoms with van der Waals surface area (Å²) in [6.45, 7) is 3.97. The third-order valence-electron chi connectivity index (χ3n) is 2.21. The summed E-state index contributed by atoms with van der Waals surface area (Å²) in [6.07, 6.45) is 3.57. The minimum Gasteiger partial charge on any atom is -0.381 e. The zero-order valence-corrected chi connectivity index (χ0v) is 7.73. The van der Waals surface area contributed by atoms with Crippen LogP contribution in [-0.2, 0) is 4.74 Å². The van der Waals surface area contributed by atoms with Gasteiger partial charge >= 0.3 is 0 Å². The van der Waals surface area contributed by atoms with Gasteiger partial charge in [-0.2, -0.15) is 0 Å². The van der Waals surface area contributed by atoms with Crippen molar-refractivity contribution in [3.63, 3.8) is 0 Å². The molecule has 0 amide bonds. The lowest BCUT2D eigenvalue weighted by Crippen LogP contribution is -2.24. The SMILES string of the molecule is CC(CC1CCOCC1)NCl. The lowest BCUT2D eigenvalue weighted by Gasteiger charge is -2.23. The van der Waals surface area contributed by atoms with E-state index in [2.05, 4.69) is 11.8 Å². The Morgan fingerprint density at radius 1 is 1.55 bits per heavy atom. The topological polar surface area (TPSA) is 21.3 Å². The van der Waals surface area contributed by atoms with Gasteiger partial charge < -0.3 is 4.74 Å². The summed E-state index contributed by atoms with van der Waals surface area (Å²) in [5, 5.41) is 0. The van der Waals surface area contributed by atoms with E-state index in [0.29, 0.717) is 6.04 Å². The molecular formula is C8H16ClNO. The number of ether oxygens (including phenoxy) is 1. The van der Waals surface area contributed by atoms with E-state index in [9.17, 15) is 0 Å². The van der Waals surface area contributed by atoms with Gasteiger partial charge in [-0.1, -0.05) is 0 Å². The Kier molecular flexibility index (Phi) is 4.20. The van der Waals surface area contributed by atoms with Gasteiger partial charge in [-0.15, -0.1) is 0 Å². The number of hydrogen-bond acceptors (Lipinski definition) is 2. The Bertz CT molecular complexity index is 104. The summed E-state index contributed by atoms with van der Waals surface area (Å²) in [7, 11) is 0. The second-order valence-electron chi connectivity index (χ2n) is 3.30. The molecule has 1 atom stereocenters.